The molecule has 112 valence electrons. The van der Waals surface area contributed by atoms with Crippen molar-refractivity contribution in [1.29, 1.82) is 0 Å². The lowest BCUT2D eigenvalue weighted by Gasteiger charge is -2.18. The fraction of sp³-hybridized carbons (Fsp3) is 0.250. The lowest BCUT2D eigenvalue weighted by molar-refractivity contribution is 0.354. The molecule has 2 N–H and O–H groups in total. The van der Waals surface area contributed by atoms with E-state index in [1.54, 1.807) is 21.3 Å². The summed E-state index contributed by atoms with van der Waals surface area (Å²) >= 11 is 3.54. The van der Waals surface area contributed by atoms with Gasteiger partial charge in [-0.15, -0.1) is 0 Å². The van der Waals surface area contributed by atoms with Gasteiger partial charge in [-0.1, -0.05) is 28.1 Å². The molecular weight excluding hydrogens is 334 g/mol. The third-order valence-corrected chi connectivity index (χ3v) is 3.98. The zero-order valence-electron chi connectivity index (χ0n) is 12.2. The van der Waals surface area contributed by atoms with Crippen LogP contribution < -0.4 is 19.9 Å². The molecule has 5 heteroatoms. The standard InChI is InChI=1S/C16H18BrNO3/c1-19-11-6-4-5-10(7-11)16(18)12-8-14(20-2)15(21-3)9-13(12)17/h4-9,16H,18H2,1-3H3. The first kappa shape index (κ1) is 15.7. The Morgan fingerprint density at radius 1 is 0.952 bits per heavy atom. The maximum atomic E-state index is 6.37. The fourth-order valence-corrected chi connectivity index (χ4v) is 2.69. The van der Waals surface area contributed by atoms with Crippen LogP contribution in [0.1, 0.15) is 17.2 Å². The first-order valence-electron chi connectivity index (χ1n) is 6.41. The summed E-state index contributed by atoms with van der Waals surface area (Å²) in [5, 5.41) is 0. The van der Waals surface area contributed by atoms with Gasteiger partial charge in [0, 0.05) is 4.47 Å². The van der Waals surface area contributed by atoms with Gasteiger partial charge >= 0.3 is 0 Å². The van der Waals surface area contributed by atoms with E-state index < -0.39 is 0 Å². The molecule has 4 nitrogen and oxygen atoms in total. The van der Waals surface area contributed by atoms with Crippen LogP contribution in [0.15, 0.2) is 40.9 Å². The summed E-state index contributed by atoms with van der Waals surface area (Å²) in [5.74, 6) is 2.08. The van der Waals surface area contributed by atoms with Crippen LogP contribution in [0, 0.1) is 0 Å². The van der Waals surface area contributed by atoms with Gasteiger partial charge in [0.1, 0.15) is 5.75 Å². The molecule has 0 radical (unpaired) electrons. The quantitative estimate of drug-likeness (QED) is 0.895. The zero-order valence-corrected chi connectivity index (χ0v) is 13.8. The third kappa shape index (κ3) is 3.31. The highest BCUT2D eigenvalue weighted by molar-refractivity contribution is 9.10. The van der Waals surface area contributed by atoms with Crippen LogP contribution >= 0.6 is 15.9 Å². The molecule has 2 rings (SSSR count). The first-order chi connectivity index (χ1) is 10.1. The minimum atomic E-state index is -0.297. The van der Waals surface area contributed by atoms with Gasteiger partial charge in [0.25, 0.3) is 0 Å². The Kier molecular flexibility index (Phi) is 5.09. The van der Waals surface area contributed by atoms with Crippen molar-refractivity contribution < 1.29 is 14.2 Å². The SMILES string of the molecule is COc1cccc(C(N)c2cc(OC)c(OC)cc2Br)c1. The number of hydrogen-bond donors (Lipinski definition) is 1. The number of benzene rings is 2. The van der Waals surface area contributed by atoms with Gasteiger partial charge in [-0.3, -0.25) is 0 Å². The van der Waals surface area contributed by atoms with Gasteiger partial charge in [0.2, 0.25) is 0 Å². The molecule has 2 aromatic rings. The second kappa shape index (κ2) is 6.83. The number of halogens is 1. The molecule has 0 saturated heterocycles. The lowest BCUT2D eigenvalue weighted by atomic mass is 9.99. The summed E-state index contributed by atoms with van der Waals surface area (Å²) < 4.78 is 16.7. The Labute approximate surface area is 132 Å². The monoisotopic (exact) mass is 351 g/mol. The van der Waals surface area contributed by atoms with E-state index in [-0.39, 0.29) is 6.04 Å². The molecule has 0 heterocycles. The maximum Gasteiger partial charge on any atom is 0.161 e. The molecule has 0 aliphatic heterocycles. The summed E-state index contributed by atoms with van der Waals surface area (Å²) in [7, 11) is 4.84. The van der Waals surface area contributed by atoms with E-state index in [1.165, 1.54) is 0 Å². The Balaban J connectivity index is 2.44. The van der Waals surface area contributed by atoms with Gasteiger partial charge in [-0.05, 0) is 35.4 Å². The number of rotatable bonds is 5. The smallest absolute Gasteiger partial charge is 0.161 e. The molecular formula is C16H18BrNO3. The van der Waals surface area contributed by atoms with Crippen molar-refractivity contribution in [2.75, 3.05) is 21.3 Å². The number of nitrogens with two attached hydrogens (primary N) is 1. The van der Waals surface area contributed by atoms with Gasteiger partial charge in [-0.2, -0.15) is 0 Å². The van der Waals surface area contributed by atoms with Crippen LogP contribution in [-0.2, 0) is 0 Å². The molecule has 0 aliphatic rings. The molecule has 1 unspecified atom stereocenters. The molecule has 0 saturated carbocycles. The molecule has 0 bridgehead atoms. The minimum absolute atomic E-state index is 0.297. The fourth-order valence-electron chi connectivity index (χ4n) is 2.12. The average Bonchev–Trinajstić information content (AvgIpc) is 2.53. The Morgan fingerprint density at radius 3 is 2.24 bits per heavy atom. The molecule has 0 aliphatic carbocycles. The van der Waals surface area contributed by atoms with Crippen LogP contribution in [0.3, 0.4) is 0 Å². The highest BCUT2D eigenvalue weighted by atomic mass is 79.9. The van der Waals surface area contributed by atoms with E-state index >= 15 is 0 Å². The summed E-state index contributed by atoms with van der Waals surface area (Å²) in [6.45, 7) is 0. The van der Waals surface area contributed by atoms with E-state index in [0.29, 0.717) is 11.5 Å². The van der Waals surface area contributed by atoms with Gasteiger partial charge in [-0.25, -0.2) is 0 Å². The van der Waals surface area contributed by atoms with E-state index in [9.17, 15) is 0 Å². The van der Waals surface area contributed by atoms with Crippen molar-refractivity contribution in [2.24, 2.45) is 5.73 Å². The van der Waals surface area contributed by atoms with Gasteiger partial charge in [0.15, 0.2) is 11.5 Å². The van der Waals surface area contributed by atoms with E-state index in [2.05, 4.69) is 15.9 Å². The van der Waals surface area contributed by atoms with Crippen molar-refractivity contribution >= 4 is 15.9 Å². The Morgan fingerprint density at radius 2 is 1.62 bits per heavy atom. The zero-order chi connectivity index (χ0) is 15.4. The van der Waals surface area contributed by atoms with Crippen molar-refractivity contribution in [1.82, 2.24) is 0 Å². The Hall–Kier alpha value is -1.72. The predicted molar refractivity (Wildman–Crippen MR) is 86.3 cm³/mol. The molecule has 2 aromatic carbocycles. The molecule has 1 atom stereocenters. The van der Waals surface area contributed by atoms with Gasteiger partial charge < -0.3 is 19.9 Å². The van der Waals surface area contributed by atoms with Crippen molar-refractivity contribution in [3.8, 4) is 17.2 Å². The summed E-state index contributed by atoms with van der Waals surface area (Å²) in [6, 6.07) is 11.1. The third-order valence-electron chi connectivity index (χ3n) is 3.29. The van der Waals surface area contributed by atoms with Crippen LogP contribution in [0.4, 0.5) is 0 Å². The number of ether oxygens (including phenoxy) is 3. The lowest BCUT2D eigenvalue weighted by Crippen LogP contribution is -2.13. The first-order valence-corrected chi connectivity index (χ1v) is 7.21. The molecule has 0 spiro atoms. The summed E-state index contributed by atoms with van der Waals surface area (Å²) in [5.41, 5.74) is 8.25. The van der Waals surface area contributed by atoms with Crippen LogP contribution in [0.2, 0.25) is 0 Å². The highest BCUT2D eigenvalue weighted by Gasteiger charge is 2.17. The summed E-state index contributed by atoms with van der Waals surface area (Å²) in [4.78, 5) is 0. The second-order valence-electron chi connectivity index (χ2n) is 4.48. The largest absolute Gasteiger partial charge is 0.497 e. The van der Waals surface area contributed by atoms with E-state index in [1.807, 2.05) is 36.4 Å². The van der Waals surface area contributed by atoms with E-state index in [0.717, 1.165) is 21.3 Å². The van der Waals surface area contributed by atoms with Crippen molar-refractivity contribution in [2.45, 2.75) is 6.04 Å². The van der Waals surface area contributed by atoms with Gasteiger partial charge in [0.05, 0.1) is 27.4 Å². The van der Waals surface area contributed by atoms with Crippen LogP contribution in [0.25, 0.3) is 0 Å². The molecule has 0 aromatic heterocycles. The average molecular weight is 352 g/mol. The number of methoxy groups -OCH3 is 3. The normalized spacial score (nSPS) is 11.9. The topological polar surface area (TPSA) is 53.7 Å². The molecule has 21 heavy (non-hydrogen) atoms. The van der Waals surface area contributed by atoms with Crippen molar-refractivity contribution in [3.63, 3.8) is 0 Å². The van der Waals surface area contributed by atoms with Crippen LogP contribution in [-0.4, -0.2) is 21.3 Å². The minimum Gasteiger partial charge on any atom is -0.497 e. The van der Waals surface area contributed by atoms with E-state index in [4.69, 9.17) is 19.9 Å². The highest BCUT2D eigenvalue weighted by Crippen LogP contribution is 2.37. The molecule has 0 amide bonds. The molecule has 0 fully saturated rings. The van der Waals surface area contributed by atoms with Crippen molar-refractivity contribution in [3.05, 3.63) is 52.0 Å². The second-order valence-corrected chi connectivity index (χ2v) is 5.34. The Bertz CT molecular complexity index is 631. The number of hydrogen-bond acceptors (Lipinski definition) is 4. The summed E-state index contributed by atoms with van der Waals surface area (Å²) in [6.07, 6.45) is 0. The van der Waals surface area contributed by atoms with Crippen LogP contribution in [0.5, 0.6) is 17.2 Å². The maximum absolute atomic E-state index is 6.37. The predicted octanol–water partition coefficient (Wildman–Crippen LogP) is 3.52.